The molecule has 0 amide bonds. The fourth-order valence-electron chi connectivity index (χ4n) is 2.96. The van der Waals surface area contributed by atoms with E-state index in [9.17, 15) is 0 Å². The van der Waals surface area contributed by atoms with Gasteiger partial charge < -0.3 is 10.1 Å². The molecule has 0 saturated heterocycles. The van der Waals surface area contributed by atoms with E-state index in [1.54, 1.807) is 7.11 Å². The summed E-state index contributed by atoms with van der Waals surface area (Å²) < 4.78 is 6.33. The van der Waals surface area contributed by atoms with Crippen molar-refractivity contribution in [1.29, 1.82) is 0 Å². The average Bonchev–Trinajstić information content (AvgIpc) is 2.93. The number of aryl methyl sites for hydroxylation is 2. The quantitative estimate of drug-likeness (QED) is 0.830. The predicted molar refractivity (Wildman–Crippen MR) is 91.2 cm³/mol. The third kappa shape index (κ3) is 3.24. The highest BCUT2D eigenvalue weighted by Crippen LogP contribution is 2.29. The lowest BCUT2D eigenvalue weighted by molar-refractivity contribution is 0.414. The summed E-state index contributed by atoms with van der Waals surface area (Å²) in [6.45, 7) is 2.20. The van der Waals surface area contributed by atoms with Crippen LogP contribution >= 0.6 is 15.9 Å². The molecular weight excluding hydrogens is 326 g/mol. The molecule has 0 radical (unpaired) electrons. The zero-order valence-electron chi connectivity index (χ0n) is 12.4. The van der Waals surface area contributed by atoms with E-state index in [-0.39, 0.29) is 6.04 Å². The second kappa shape index (κ2) is 6.10. The van der Waals surface area contributed by atoms with Crippen LogP contribution in [0.25, 0.3) is 0 Å². The maximum Gasteiger partial charge on any atom is 0.122 e. The highest BCUT2D eigenvalue weighted by molar-refractivity contribution is 9.10. The lowest BCUT2D eigenvalue weighted by atomic mass is 10.0. The molecule has 1 aliphatic carbocycles. The first kappa shape index (κ1) is 14.5. The maximum absolute atomic E-state index is 5.31. The van der Waals surface area contributed by atoms with Gasteiger partial charge in [0.2, 0.25) is 0 Å². The Morgan fingerprint density at radius 3 is 2.71 bits per heavy atom. The SMILES string of the molecule is COc1cc(Br)cc(NC(C)c2ccc3c(c2)CCC3)c1. The average molecular weight is 346 g/mol. The summed E-state index contributed by atoms with van der Waals surface area (Å²) in [5, 5.41) is 3.55. The van der Waals surface area contributed by atoms with Crippen molar-refractivity contribution in [3.8, 4) is 5.75 Å². The van der Waals surface area contributed by atoms with Crippen LogP contribution in [0, 0.1) is 0 Å². The Bertz CT molecular complexity index is 654. The molecule has 0 aliphatic heterocycles. The normalized spacial score (nSPS) is 14.6. The number of ether oxygens (including phenoxy) is 1. The number of benzene rings is 2. The fraction of sp³-hybridized carbons (Fsp3) is 0.333. The summed E-state index contributed by atoms with van der Waals surface area (Å²) in [5.41, 5.74) is 5.45. The first-order chi connectivity index (χ1) is 10.2. The van der Waals surface area contributed by atoms with E-state index in [2.05, 4.69) is 52.4 Å². The third-order valence-corrected chi connectivity index (χ3v) is 4.57. The second-order valence-electron chi connectivity index (χ2n) is 5.63. The highest BCUT2D eigenvalue weighted by Gasteiger charge is 2.13. The first-order valence-electron chi connectivity index (χ1n) is 7.38. The number of anilines is 1. The first-order valence-corrected chi connectivity index (χ1v) is 8.18. The fourth-order valence-corrected chi connectivity index (χ4v) is 3.43. The number of hydrogen-bond donors (Lipinski definition) is 1. The summed E-state index contributed by atoms with van der Waals surface area (Å²) in [6, 6.07) is 13.2. The van der Waals surface area contributed by atoms with Gasteiger partial charge in [-0.3, -0.25) is 0 Å². The molecule has 2 aromatic rings. The van der Waals surface area contributed by atoms with Crippen LogP contribution in [0.2, 0.25) is 0 Å². The van der Waals surface area contributed by atoms with E-state index in [1.807, 2.05) is 12.1 Å². The molecule has 21 heavy (non-hydrogen) atoms. The molecule has 2 aromatic carbocycles. The number of nitrogens with one attached hydrogen (secondary N) is 1. The van der Waals surface area contributed by atoms with Crippen molar-refractivity contribution in [2.75, 3.05) is 12.4 Å². The van der Waals surface area contributed by atoms with Crippen LogP contribution in [0.15, 0.2) is 40.9 Å². The van der Waals surface area contributed by atoms with E-state index >= 15 is 0 Å². The summed E-state index contributed by atoms with van der Waals surface area (Å²) in [4.78, 5) is 0. The van der Waals surface area contributed by atoms with Crippen molar-refractivity contribution in [1.82, 2.24) is 0 Å². The molecule has 0 saturated carbocycles. The van der Waals surface area contributed by atoms with Crippen molar-refractivity contribution in [3.05, 3.63) is 57.6 Å². The van der Waals surface area contributed by atoms with Crippen molar-refractivity contribution in [3.63, 3.8) is 0 Å². The van der Waals surface area contributed by atoms with Crippen molar-refractivity contribution < 1.29 is 4.74 Å². The summed E-state index contributed by atoms with van der Waals surface area (Å²) in [5.74, 6) is 0.855. The molecule has 0 aromatic heterocycles. The Labute approximate surface area is 134 Å². The molecule has 1 unspecified atom stereocenters. The standard InChI is InChI=1S/C18H20BrNO/c1-12(14-7-6-13-4-3-5-15(13)8-14)20-17-9-16(19)10-18(11-17)21-2/h6-12,20H,3-5H2,1-2H3. The molecule has 3 heteroatoms. The Balaban J connectivity index is 1.80. The largest absolute Gasteiger partial charge is 0.497 e. The molecule has 0 bridgehead atoms. The van der Waals surface area contributed by atoms with Gasteiger partial charge in [-0.25, -0.2) is 0 Å². The monoisotopic (exact) mass is 345 g/mol. The van der Waals surface area contributed by atoms with Crippen LogP contribution in [0.3, 0.4) is 0 Å². The molecule has 1 aliphatic rings. The number of halogens is 1. The number of fused-ring (bicyclic) bond motifs is 1. The predicted octanol–water partition coefficient (Wildman–Crippen LogP) is 5.12. The number of methoxy groups -OCH3 is 1. The topological polar surface area (TPSA) is 21.3 Å². The van der Waals surface area contributed by atoms with E-state index in [0.717, 1.165) is 15.9 Å². The second-order valence-corrected chi connectivity index (χ2v) is 6.54. The van der Waals surface area contributed by atoms with Gasteiger partial charge in [0.25, 0.3) is 0 Å². The zero-order chi connectivity index (χ0) is 14.8. The molecule has 110 valence electrons. The lowest BCUT2D eigenvalue weighted by Gasteiger charge is -2.18. The van der Waals surface area contributed by atoms with Gasteiger partial charge in [-0.1, -0.05) is 34.1 Å². The molecule has 1 atom stereocenters. The molecule has 0 fully saturated rings. The molecule has 1 N–H and O–H groups in total. The minimum Gasteiger partial charge on any atom is -0.497 e. The van der Waals surface area contributed by atoms with Crippen LogP contribution in [-0.4, -0.2) is 7.11 Å². The lowest BCUT2D eigenvalue weighted by Crippen LogP contribution is -2.07. The Kier molecular flexibility index (Phi) is 4.20. The van der Waals surface area contributed by atoms with E-state index in [4.69, 9.17) is 4.74 Å². The van der Waals surface area contributed by atoms with Crippen LogP contribution in [0.4, 0.5) is 5.69 Å². The summed E-state index contributed by atoms with van der Waals surface area (Å²) in [7, 11) is 1.69. The van der Waals surface area contributed by atoms with Crippen LogP contribution in [-0.2, 0) is 12.8 Å². The molecular formula is C18H20BrNO. The minimum atomic E-state index is 0.273. The third-order valence-electron chi connectivity index (χ3n) is 4.11. The van der Waals surface area contributed by atoms with Gasteiger partial charge in [0.15, 0.2) is 0 Å². The van der Waals surface area contributed by atoms with Gasteiger partial charge in [-0.2, -0.15) is 0 Å². The van der Waals surface area contributed by atoms with Crippen molar-refractivity contribution in [2.45, 2.75) is 32.2 Å². The van der Waals surface area contributed by atoms with Crippen molar-refractivity contribution >= 4 is 21.6 Å². The van der Waals surface area contributed by atoms with Crippen LogP contribution in [0.5, 0.6) is 5.75 Å². The van der Waals surface area contributed by atoms with E-state index < -0.39 is 0 Å². The smallest absolute Gasteiger partial charge is 0.122 e. The van der Waals surface area contributed by atoms with Crippen LogP contribution in [0.1, 0.15) is 36.1 Å². The molecule has 0 spiro atoms. The maximum atomic E-state index is 5.31. The van der Waals surface area contributed by atoms with E-state index in [1.165, 1.54) is 36.0 Å². The van der Waals surface area contributed by atoms with Gasteiger partial charge in [-0.15, -0.1) is 0 Å². The number of hydrogen-bond acceptors (Lipinski definition) is 2. The van der Waals surface area contributed by atoms with Gasteiger partial charge in [-0.05, 0) is 55.0 Å². The molecule has 0 heterocycles. The Morgan fingerprint density at radius 1 is 1.10 bits per heavy atom. The van der Waals surface area contributed by atoms with Gasteiger partial charge in [0.05, 0.1) is 7.11 Å². The Hall–Kier alpha value is -1.48. The minimum absolute atomic E-state index is 0.273. The van der Waals surface area contributed by atoms with Gasteiger partial charge in [0.1, 0.15) is 5.75 Å². The summed E-state index contributed by atoms with van der Waals surface area (Å²) in [6.07, 6.45) is 3.75. The number of rotatable bonds is 4. The summed E-state index contributed by atoms with van der Waals surface area (Å²) >= 11 is 3.52. The van der Waals surface area contributed by atoms with Gasteiger partial charge >= 0.3 is 0 Å². The molecule has 3 rings (SSSR count). The van der Waals surface area contributed by atoms with Crippen molar-refractivity contribution in [2.24, 2.45) is 0 Å². The highest BCUT2D eigenvalue weighted by atomic mass is 79.9. The van der Waals surface area contributed by atoms with Crippen LogP contribution < -0.4 is 10.1 Å². The molecule has 2 nitrogen and oxygen atoms in total. The van der Waals surface area contributed by atoms with E-state index in [0.29, 0.717) is 0 Å². The zero-order valence-corrected chi connectivity index (χ0v) is 14.0. The van der Waals surface area contributed by atoms with Gasteiger partial charge in [0, 0.05) is 22.3 Å². The Morgan fingerprint density at radius 2 is 1.90 bits per heavy atom.